The van der Waals surface area contributed by atoms with E-state index in [1.54, 1.807) is 18.2 Å². The van der Waals surface area contributed by atoms with Crippen molar-refractivity contribution in [1.29, 1.82) is 0 Å². The summed E-state index contributed by atoms with van der Waals surface area (Å²) < 4.78 is 6.05. The highest BCUT2D eigenvalue weighted by molar-refractivity contribution is 9.10. The van der Waals surface area contributed by atoms with Crippen molar-refractivity contribution < 1.29 is 14.0 Å². The summed E-state index contributed by atoms with van der Waals surface area (Å²) in [6, 6.07) is 5.14. The number of hydrogen-bond acceptors (Lipinski definition) is 6. The molecule has 6 nitrogen and oxygen atoms in total. The summed E-state index contributed by atoms with van der Waals surface area (Å²) in [5.74, 6) is 1.74. The highest BCUT2D eigenvalue weighted by Gasteiger charge is 2.40. The summed E-state index contributed by atoms with van der Waals surface area (Å²) in [5.41, 5.74) is 3.12. The fraction of sp³-hybridized carbons (Fsp3) is 0.471. The number of carbonyl (C=O) groups excluding carboxylic acids is 1. The van der Waals surface area contributed by atoms with Gasteiger partial charge in [0.05, 0.1) is 5.92 Å². The number of nitrogens with one attached hydrogen (secondary N) is 1. The molecule has 8 heteroatoms. The van der Waals surface area contributed by atoms with E-state index in [1.807, 2.05) is 0 Å². The van der Waals surface area contributed by atoms with Gasteiger partial charge in [-0.3, -0.25) is 0 Å². The zero-order valence-electron chi connectivity index (χ0n) is 13.4. The minimum Gasteiger partial charge on any atom is -0.448 e. The largest absolute Gasteiger partial charge is 0.448 e. The summed E-state index contributed by atoms with van der Waals surface area (Å²) in [6.45, 7) is 0. The Balaban J connectivity index is 1.44. The molecule has 5 rings (SSSR count). The van der Waals surface area contributed by atoms with E-state index in [9.17, 15) is 4.79 Å². The maximum Gasteiger partial charge on any atom is 0.335 e. The molecule has 2 heterocycles. The van der Waals surface area contributed by atoms with Crippen LogP contribution in [0, 0.1) is 17.8 Å². The van der Waals surface area contributed by atoms with E-state index < -0.39 is 0 Å². The summed E-state index contributed by atoms with van der Waals surface area (Å²) >= 11 is 9.21. The third-order valence-electron chi connectivity index (χ3n) is 5.13. The van der Waals surface area contributed by atoms with Crippen LogP contribution in [0.3, 0.4) is 0 Å². The van der Waals surface area contributed by atoms with Gasteiger partial charge in [0.2, 0.25) is 5.28 Å². The van der Waals surface area contributed by atoms with E-state index in [4.69, 9.17) is 20.9 Å². The molecule has 2 aromatic rings. The lowest BCUT2D eigenvalue weighted by Crippen LogP contribution is -2.37. The number of halogens is 2. The van der Waals surface area contributed by atoms with Gasteiger partial charge in [-0.05, 0) is 70.8 Å². The molecule has 3 aliphatic carbocycles. The first-order valence-electron chi connectivity index (χ1n) is 8.35. The van der Waals surface area contributed by atoms with E-state index in [2.05, 4.69) is 31.4 Å². The number of hydrogen-bond donors (Lipinski definition) is 1. The second-order valence-corrected chi connectivity index (χ2v) is 7.78. The average Bonchev–Trinajstić information content (AvgIpc) is 3.07. The van der Waals surface area contributed by atoms with Crippen molar-refractivity contribution in [1.82, 2.24) is 9.97 Å². The van der Waals surface area contributed by atoms with Crippen LogP contribution >= 0.6 is 27.5 Å². The molecule has 3 fully saturated rings. The van der Waals surface area contributed by atoms with Crippen molar-refractivity contribution in [2.45, 2.75) is 32.1 Å². The third-order valence-corrected chi connectivity index (χ3v) is 5.73. The Morgan fingerprint density at radius 3 is 2.72 bits per heavy atom. The topological polar surface area (TPSA) is 77.2 Å². The van der Waals surface area contributed by atoms with E-state index in [0.717, 1.165) is 19.3 Å². The fourth-order valence-corrected chi connectivity index (χ4v) is 4.38. The number of nitrogens with zero attached hydrogens (tertiary/aromatic N) is 2. The first-order valence-corrected chi connectivity index (χ1v) is 9.52. The predicted molar refractivity (Wildman–Crippen MR) is 95.7 cm³/mol. The van der Waals surface area contributed by atoms with Crippen LogP contribution in [0.15, 0.2) is 27.3 Å². The molecule has 2 aromatic heterocycles. The molecule has 3 aliphatic rings. The van der Waals surface area contributed by atoms with Crippen molar-refractivity contribution >= 4 is 39.3 Å². The minimum atomic E-state index is -0.216. The monoisotopic (exact) mass is 425 g/mol. The van der Waals surface area contributed by atoms with Crippen LogP contribution in [0.1, 0.15) is 32.1 Å². The quantitative estimate of drug-likeness (QED) is 0.556. The van der Waals surface area contributed by atoms with Gasteiger partial charge in [-0.1, -0.05) is 12.8 Å². The molecule has 0 saturated heterocycles. The van der Waals surface area contributed by atoms with Crippen LogP contribution < -0.4 is 5.48 Å². The van der Waals surface area contributed by atoms with E-state index >= 15 is 0 Å². The number of rotatable bonds is 4. The molecule has 1 N–H and O–H groups in total. The van der Waals surface area contributed by atoms with Gasteiger partial charge < -0.3 is 9.25 Å². The first kappa shape index (κ1) is 16.8. The molecule has 2 bridgehead atoms. The van der Waals surface area contributed by atoms with Gasteiger partial charge >= 0.3 is 5.97 Å². The number of aromatic nitrogens is 2. The molecule has 0 aliphatic heterocycles. The average molecular weight is 427 g/mol. The first-order chi connectivity index (χ1) is 12.1. The van der Waals surface area contributed by atoms with Crippen LogP contribution in [0.25, 0.3) is 11.5 Å². The number of carbonyl (C=O) groups is 1. The van der Waals surface area contributed by atoms with Gasteiger partial charge in [0.15, 0.2) is 16.2 Å². The highest BCUT2D eigenvalue weighted by Crippen LogP contribution is 2.45. The van der Waals surface area contributed by atoms with Crippen LogP contribution in [0.5, 0.6) is 0 Å². The Hall–Kier alpha value is -1.60. The second kappa shape index (κ2) is 6.96. The molecule has 132 valence electrons. The van der Waals surface area contributed by atoms with Gasteiger partial charge in [0.25, 0.3) is 0 Å². The van der Waals surface area contributed by atoms with Crippen molar-refractivity contribution in [2.24, 2.45) is 17.8 Å². The maximum absolute atomic E-state index is 12.4. The maximum atomic E-state index is 12.4. The second-order valence-electron chi connectivity index (χ2n) is 6.66. The predicted octanol–water partition coefficient (Wildman–Crippen LogP) is 4.85. The number of furan rings is 1. The number of fused-ring (bicyclic) bond motifs is 3. The van der Waals surface area contributed by atoms with E-state index in [1.165, 1.54) is 12.8 Å². The molecule has 0 radical (unpaired) electrons. The molecule has 3 saturated carbocycles. The summed E-state index contributed by atoms with van der Waals surface area (Å²) in [4.78, 5) is 25.9. The minimum absolute atomic E-state index is 0.0159. The SMILES string of the molecule is O=C(ONc1cc(-c2ccc(Br)o2)nc(Cl)n1)C1CC2CCC1CC2. The zero-order chi connectivity index (χ0) is 17.4. The number of anilines is 1. The Morgan fingerprint density at radius 1 is 1.28 bits per heavy atom. The smallest absolute Gasteiger partial charge is 0.335 e. The van der Waals surface area contributed by atoms with Crippen molar-refractivity contribution in [2.75, 3.05) is 5.48 Å². The van der Waals surface area contributed by atoms with Crippen LogP contribution in [-0.2, 0) is 9.63 Å². The molecule has 1 atom stereocenters. The lowest BCUT2D eigenvalue weighted by molar-refractivity contribution is -0.151. The molecule has 0 spiro atoms. The lowest BCUT2D eigenvalue weighted by Gasteiger charge is -2.40. The van der Waals surface area contributed by atoms with Gasteiger partial charge in [0.1, 0.15) is 5.69 Å². The molecular weight excluding hydrogens is 410 g/mol. The van der Waals surface area contributed by atoms with Gasteiger partial charge in [-0.25, -0.2) is 15.3 Å². The van der Waals surface area contributed by atoms with Gasteiger partial charge in [0, 0.05) is 6.07 Å². The lowest BCUT2D eigenvalue weighted by atomic mass is 9.65. The Kier molecular flexibility index (Phi) is 4.69. The Labute approximate surface area is 158 Å². The Bertz CT molecular complexity index is 789. The standard InChI is InChI=1S/C17H17BrClN3O3/c18-14-6-5-13(24-14)12-8-15(21-17(19)20-12)22-25-16(23)11-7-9-1-3-10(11)4-2-9/h5-6,8-11H,1-4,7H2,(H,20,21,22). The summed E-state index contributed by atoms with van der Waals surface area (Å²) in [5, 5.41) is 0.0419. The molecule has 1 unspecified atom stereocenters. The highest BCUT2D eigenvalue weighted by atomic mass is 79.9. The normalized spacial score (nSPS) is 25.0. The van der Waals surface area contributed by atoms with Crippen LogP contribution in [-0.4, -0.2) is 15.9 Å². The van der Waals surface area contributed by atoms with Crippen molar-refractivity contribution in [3.8, 4) is 11.5 Å². The van der Waals surface area contributed by atoms with Crippen LogP contribution in [0.2, 0.25) is 5.28 Å². The van der Waals surface area contributed by atoms with E-state index in [-0.39, 0.29) is 17.2 Å². The molecule has 0 amide bonds. The molecule has 0 aromatic carbocycles. The van der Waals surface area contributed by atoms with Crippen molar-refractivity contribution in [3.05, 3.63) is 28.2 Å². The van der Waals surface area contributed by atoms with Crippen LogP contribution in [0.4, 0.5) is 5.82 Å². The zero-order valence-corrected chi connectivity index (χ0v) is 15.7. The van der Waals surface area contributed by atoms with Gasteiger partial charge in [-0.2, -0.15) is 4.98 Å². The third kappa shape index (κ3) is 3.67. The van der Waals surface area contributed by atoms with E-state index in [0.29, 0.717) is 33.8 Å². The van der Waals surface area contributed by atoms with Gasteiger partial charge in [-0.15, -0.1) is 0 Å². The summed E-state index contributed by atoms with van der Waals surface area (Å²) in [6.07, 6.45) is 5.67. The Morgan fingerprint density at radius 2 is 2.08 bits per heavy atom. The van der Waals surface area contributed by atoms with Crippen molar-refractivity contribution in [3.63, 3.8) is 0 Å². The molecular formula is C17H17BrClN3O3. The summed E-state index contributed by atoms with van der Waals surface area (Å²) in [7, 11) is 0. The molecule has 25 heavy (non-hydrogen) atoms. The fourth-order valence-electron chi connectivity index (χ4n) is 3.89.